The number of hydrogen-bond acceptors (Lipinski definition) is 6. The van der Waals surface area contributed by atoms with E-state index in [4.69, 9.17) is 12.2 Å². The van der Waals surface area contributed by atoms with E-state index in [2.05, 4.69) is 20.6 Å². The van der Waals surface area contributed by atoms with E-state index in [-0.39, 0.29) is 11.7 Å². The molecule has 1 saturated heterocycles. The molecule has 2 aromatic heterocycles. The Labute approximate surface area is 220 Å². The summed E-state index contributed by atoms with van der Waals surface area (Å²) in [7, 11) is 0. The van der Waals surface area contributed by atoms with Crippen LogP contribution in [0, 0.1) is 17.5 Å². The smallest absolute Gasteiger partial charge is 0.331 e. The number of nitrogens with zero attached hydrogens (tertiary/aromatic N) is 4. The number of benzene rings is 1. The number of nitrogens with one attached hydrogen (secondary N) is 2. The van der Waals surface area contributed by atoms with Crippen molar-refractivity contribution >= 4 is 58.2 Å². The topological polar surface area (TPSA) is 90.5 Å². The predicted molar refractivity (Wildman–Crippen MR) is 139 cm³/mol. The van der Waals surface area contributed by atoms with Crippen LogP contribution in [0.3, 0.4) is 0 Å². The highest BCUT2D eigenvalue weighted by Crippen LogP contribution is 2.38. The molecule has 0 bridgehead atoms. The van der Waals surface area contributed by atoms with Crippen LogP contribution < -0.4 is 15.5 Å². The van der Waals surface area contributed by atoms with Crippen LogP contribution in [0.25, 0.3) is 0 Å². The van der Waals surface area contributed by atoms with Crippen molar-refractivity contribution in [2.75, 3.05) is 21.8 Å². The van der Waals surface area contributed by atoms with Crippen LogP contribution in [0.15, 0.2) is 53.8 Å². The van der Waals surface area contributed by atoms with Crippen molar-refractivity contribution in [2.45, 2.75) is 30.8 Å². The van der Waals surface area contributed by atoms with Gasteiger partial charge in [-0.3, -0.25) is 9.78 Å². The first-order valence-corrected chi connectivity index (χ1v) is 12.5. The van der Waals surface area contributed by atoms with Crippen LogP contribution in [0.1, 0.15) is 19.4 Å². The van der Waals surface area contributed by atoms with Gasteiger partial charge in [-0.1, -0.05) is 0 Å². The molecule has 37 heavy (non-hydrogen) atoms. The Morgan fingerprint density at radius 1 is 1.11 bits per heavy atom. The van der Waals surface area contributed by atoms with Crippen LogP contribution in [0.4, 0.5) is 35.2 Å². The zero-order valence-electron chi connectivity index (χ0n) is 19.9. The molecule has 3 heterocycles. The quantitative estimate of drug-likeness (QED) is 0.189. The summed E-state index contributed by atoms with van der Waals surface area (Å²) < 4.78 is 43.6. The number of pyridine rings is 2. The third-order valence-electron chi connectivity index (χ3n) is 5.69. The minimum atomic E-state index is -1.48. The van der Waals surface area contributed by atoms with Crippen molar-refractivity contribution in [3.63, 3.8) is 0 Å². The monoisotopic (exact) mass is 546 g/mol. The number of rotatable bonds is 6. The van der Waals surface area contributed by atoms with Gasteiger partial charge in [0.2, 0.25) is 0 Å². The largest absolute Gasteiger partial charge is 0.332 e. The Kier molecular flexibility index (Phi) is 7.37. The zero-order chi connectivity index (χ0) is 26.9. The molecule has 0 aliphatic carbocycles. The van der Waals surface area contributed by atoms with Gasteiger partial charge in [0.15, 0.2) is 16.7 Å². The van der Waals surface area contributed by atoms with Gasteiger partial charge in [0.05, 0.1) is 22.5 Å². The average Bonchev–Trinajstić information content (AvgIpc) is 3.02. The second-order valence-electron chi connectivity index (χ2n) is 8.48. The second kappa shape index (κ2) is 10.3. The maximum atomic E-state index is 14.8. The molecule has 13 heteroatoms. The molecule has 0 spiro atoms. The number of aromatic nitrogens is 2. The fourth-order valence-corrected chi connectivity index (χ4v) is 4.51. The van der Waals surface area contributed by atoms with Gasteiger partial charge in [-0.15, -0.1) is 11.8 Å². The molecule has 1 aliphatic rings. The summed E-state index contributed by atoms with van der Waals surface area (Å²) in [5.41, 5.74) is -0.955. The van der Waals surface area contributed by atoms with E-state index in [0.29, 0.717) is 39.8 Å². The van der Waals surface area contributed by atoms with E-state index in [1.165, 1.54) is 31.2 Å². The van der Waals surface area contributed by atoms with Gasteiger partial charge in [0.25, 0.3) is 5.91 Å². The van der Waals surface area contributed by atoms with Gasteiger partial charge >= 0.3 is 6.03 Å². The van der Waals surface area contributed by atoms with Gasteiger partial charge in [0.1, 0.15) is 17.2 Å². The number of imide groups is 1. The molecule has 1 fully saturated rings. The molecule has 4 rings (SSSR count). The molecule has 3 aromatic rings. The molecule has 1 aliphatic heterocycles. The fourth-order valence-electron chi connectivity index (χ4n) is 3.77. The van der Waals surface area contributed by atoms with Crippen LogP contribution in [0.2, 0.25) is 0 Å². The number of hydrogen-bond donors (Lipinski definition) is 2. The maximum Gasteiger partial charge on any atom is 0.332 e. The first-order chi connectivity index (χ1) is 17.5. The van der Waals surface area contributed by atoms with E-state index in [1.54, 1.807) is 36.7 Å². The van der Waals surface area contributed by atoms with E-state index < -0.39 is 45.5 Å². The lowest BCUT2D eigenvalue weighted by Gasteiger charge is -2.27. The lowest BCUT2D eigenvalue weighted by molar-refractivity contribution is -0.123. The zero-order valence-corrected chi connectivity index (χ0v) is 21.5. The highest BCUT2D eigenvalue weighted by Gasteiger charge is 2.52. The normalized spacial score (nSPS) is 14.8. The maximum absolute atomic E-state index is 14.8. The number of carbonyl (C=O) groups excluding carboxylic acids is 2. The number of carbonyl (C=O) groups is 2. The highest BCUT2D eigenvalue weighted by molar-refractivity contribution is 7.98. The number of anilines is 3. The lowest BCUT2D eigenvalue weighted by atomic mass is 10.0. The van der Waals surface area contributed by atoms with E-state index in [1.807, 2.05) is 0 Å². The first-order valence-electron chi connectivity index (χ1n) is 10.8. The SMILES string of the molecule is CSc1c(F)cc(N2C(=O)N(Cc3ccnc(NC(=S)Nc4cccnc4)c3)C(C)(C)C2=O)c(F)c1F. The standard InChI is InChI=1S/C24H21F3N6O2S2/c1-24(2)21(34)33(16-10-15(25)20(37-3)19(27)18(16)26)23(35)32(24)12-13-6-8-29-17(9-13)31-22(36)30-14-5-4-7-28-11-14/h4-11H,12H2,1-3H3,(H2,29,30,31,36). The number of halogens is 3. The van der Waals surface area contributed by atoms with Crippen molar-refractivity contribution in [1.82, 2.24) is 14.9 Å². The molecule has 8 nitrogen and oxygen atoms in total. The minimum Gasteiger partial charge on any atom is -0.331 e. The predicted octanol–water partition coefficient (Wildman–Crippen LogP) is 5.17. The summed E-state index contributed by atoms with van der Waals surface area (Å²) in [4.78, 5) is 35.7. The Morgan fingerprint density at radius 3 is 2.54 bits per heavy atom. The molecule has 0 atom stereocenters. The molecular weight excluding hydrogens is 525 g/mol. The van der Waals surface area contributed by atoms with Crippen LogP contribution in [-0.2, 0) is 11.3 Å². The molecule has 0 unspecified atom stereocenters. The summed E-state index contributed by atoms with van der Waals surface area (Å²) >= 11 is 5.97. The molecular formula is C24H21F3N6O2S2. The number of urea groups is 1. The minimum absolute atomic E-state index is 0.0659. The molecule has 0 radical (unpaired) electrons. The molecule has 1 aromatic carbocycles. The van der Waals surface area contributed by atoms with Crippen LogP contribution >= 0.6 is 24.0 Å². The number of thiocarbonyl (C=S) groups is 1. The van der Waals surface area contributed by atoms with Crippen LogP contribution in [-0.4, -0.2) is 43.7 Å². The summed E-state index contributed by atoms with van der Waals surface area (Å²) in [6, 6.07) is 6.53. The van der Waals surface area contributed by atoms with E-state index >= 15 is 0 Å². The molecule has 192 valence electrons. The second-order valence-corrected chi connectivity index (χ2v) is 9.70. The third-order valence-corrected chi connectivity index (χ3v) is 6.68. The number of amides is 3. The van der Waals surface area contributed by atoms with Gasteiger partial charge in [-0.25, -0.2) is 27.8 Å². The van der Waals surface area contributed by atoms with Crippen molar-refractivity contribution in [2.24, 2.45) is 0 Å². The Balaban J connectivity index is 1.56. The average molecular weight is 547 g/mol. The summed E-state index contributed by atoms with van der Waals surface area (Å²) in [6.45, 7) is 2.88. The number of thioether (sulfide) groups is 1. The van der Waals surface area contributed by atoms with Gasteiger partial charge in [-0.05, 0) is 62.2 Å². The van der Waals surface area contributed by atoms with E-state index in [0.717, 1.165) is 0 Å². The van der Waals surface area contributed by atoms with E-state index in [9.17, 15) is 22.8 Å². The van der Waals surface area contributed by atoms with Crippen LogP contribution in [0.5, 0.6) is 0 Å². The molecule has 0 saturated carbocycles. The lowest BCUT2D eigenvalue weighted by Crippen LogP contribution is -2.43. The summed E-state index contributed by atoms with van der Waals surface area (Å²) in [6.07, 6.45) is 6.09. The third kappa shape index (κ3) is 5.09. The Bertz CT molecular complexity index is 1390. The summed E-state index contributed by atoms with van der Waals surface area (Å²) in [5, 5.41) is 6.14. The Hall–Kier alpha value is -3.71. The van der Waals surface area contributed by atoms with Crippen molar-refractivity contribution < 1.29 is 22.8 Å². The van der Waals surface area contributed by atoms with Crippen molar-refractivity contribution in [3.8, 4) is 0 Å². The van der Waals surface area contributed by atoms with Gasteiger partial charge in [-0.2, -0.15) is 0 Å². The van der Waals surface area contributed by atoms with Crippen molar-refractivity contribution in [1.29, 1.82) is 0 Å². The first kappa shape index (κ1) is 26.4. The summed E-state index contributed by atoms with van der Waals surface area (Å²) in [5.74, 6) is -4.45. The van der Waals surface area contributed by atoms with Gasteiger partial charge in [0, 0.05) is 25.0 Å². The van der Waals surface area contributed by atoms with Gasteiger partial charge < -0.3 is 15.5 Å². The Morgan fingerprint density at radius 2 is 1.86 bits per heavy atom. The van der Waals surface area contributed by atoms with Crippen molar-refractivity contribution in [3.05, 3.63) is 71.9 Å². The highest BCUT2D eigenvalue weighted by atomic mass is 32.2. The molecule has 2 N–H and O–H groups in total. The molecule has 3 amide bonds. The fraction of sp³-hybridized carbons (Fsp3) is 0.208.